The summed E-state index contributed by atoms with van der Waals surface area (Å²) in [7, 11) is 2.39. The molecule has 0 spiro atoms. The Hall–Kier alpha value is -2.60. The Balaban J connectivity index is 2.28. The summed E-state index contributed by atoms with van der Waals surface area (Å²) in [5, 5.41) is 0.231. The number of esters is 2. The predicted molar refractivity (Wildman–Crippen MR) is 84.9 cm³/mol. The van der Waals surface area contributed by atoms with Gasteiger partial charge in [-0.2, -0.15) is 0 Å². The molecule has 0 amide bonds. The smallest absolute Gasteiger partial charge is 0.338 e. The Kier molecular flexibility index (Phi) is 5.76. The molecular weight excluding hydrogens is 339 g/mol. The van der Waals surface area contributed by atoms with Crippen molar-refractivity contribution in [2.24, 2.45) is 0 Å². The van der Waals surface area contributed by atoms with Gasteiger partial charge in [0.05, 0.1) is 30.4 Å². The van der Waals surface area contributed by atoms with Crippen molar-refractivity contribution in [1.29, 1.82) is 0 Å². The molecule has 2 rings (SSSR count). The number of ether oxygens (including phenoxy) is 3. The molecule has 0 fully saturated rings. The molecule has 0 aliphatic rings. The molecule has 0 aliphatic heterocycles. The third-order valence-electron chi connectivity index (χ3n) is 3.25. The van der Waals surface area contributed by atoms with E-state index in [1.165, 1.54) is 44.6 Å². The molecule has 126 valence electrons. The summed E-state index contributed by atoms with van der Waals surface area (Å²) in [6, 6.07) is 8.46. The van der Waals surface area contributed by atoms with E-state index in [0.29, 0.717) is 0 Å². The normalized spacial score (nSPS) is 10.2. The number of methoxy groups -OCH3 is 2. The van der Waals surface area contributed by atoms with Crippen LogP contribution >= 0.6 is 11.6 Å². The Morgan fingerprint density at radius 1 is 1.04 bits per heavy atom. The third kappa shape index (κ3) is 3.83. The van der Waals surface area contributed by atoms with Crippen molar-refractivity contribution in [3.8, 4) is 5.75 Å². The lowest BCUT2D eigenvalue weighted by molar-refractivity contribution is 0.0555. The molecule has 0 aromatic heterocycles. The first-order valence-corrected chi connectivity index (χ1v) is 7.22. The highest BCUT2D eigenvalue weighted by atomic mass is 35.5. The van der Waals surface area contributed by atoms with Gasteiger partial charge >= 0.3 is 11.9 Å². The number of halogens is 2. The molecule has 0 aliphatic carbocycles. The summed E-state index contributed by atoms with van der Waals surface area (Å²) >= 11 is 5.93. The zero-order chi connectivity index (χ0) is 17.7. The lowest BCUT2D eigenvalue weighted by atomic mass is 10.1. The molecule has 24 heavy (non-hydrogen) atoms. The molecule has 0 heterocycles. The molecule has 0 bridgehead atoms. The number of hydrogen-bond acceptors (Lipinski definition) is 5. The van der Waals surface area contributed by atoms with E-state index in [2.05, 4.69) is 9.47 Å². The topological polar surface area (TPSA) is 61.8 Å². The molecule has 7 heteroatoms. The van der Waals surface area contributed by atoms with Crippen LogP contribution in [0, 0.1) is 5.82 Å². The van der Waals surface area contributed by atoms with Gasteiger partial charge in [-0.3, -0.25) is 0 Å². The van der Waals surface area contributed by atoms with Gasteiger partial charge in [0.2, 0.25) is 0 Å². The Morgan fingerprint density at radius 3 is 2.33 bits per heavy atom. The fourth-order valence-corrected chi connectivity index (χ4v) is 2.22. The fourth-order valence-electron chi connectivity index (χ4n) is 2.01. The second-order valence-electron chi connectivity index (χ2n) is 4.68. The highest BCUT2D eigenvalue weighted by molar-refractivity contribution is 6.31. The summed E-state index contributed by atoms with van der Waals surface area (Å²) in [6.45, 7) is -0.135. The van der Waals surface area contributed by atoms with Crippen molar-refractivity contribution in [3.63, 3.8) is 0 Å². The van der Waals surface area contributed by atoms with Crippen molar-refractivity contribution < 1.29 is 28.2 Å². The summed E-state index contributed by atoms with van der Waals surface area (Å²) in [6.07, 6.45) is 0. The first-order valence-electron chi connectivity index (χ1n) is 6.84. The molecule has 2 aromatic rings. The molecule has 0 unspecified atom stereocenters. The quantitative estimate of drug-likeness (QED) is 0.769. The second-order valence-corrected chi connectivity index (χ2v) is 5.09. The summed E-state index contributed by atoms with van der Waals surface area (Å²) in [5.41, 5.74) is 0.220. The van der Waals surface area contributed by atoms with Crippen molar-refractivity contribution in [3.05, 3.63) is 63.9 Å². The molecule has 0 radical (unpaired) electrons. The second kappa shape index (κ2) is 7.79. The fraction of sp³-hybridized carbons (Fsp3) is 0.176. The van der Waals surface area contributed by atoms with Crippen LogP contribution in [-0.2, 0) is 16.1 Å². The van der Waals surface area contributed by atoms with Crippen molar-refractivity contribution >= 4 is 23.5 Å². The van der Waals surface area contributed by atoms with Gasteiger partial charge in [-0.15, -0.1) is 0 Å². The maximum absolute atomic E-state index is 13.7. The minimum Gasteiger partial charge on any atom is -0.489 e. The highest BCUT2D eigenvalue weighted by Gasteiger charge is 2.19. The van der Waals surface area contributed by atoms with E-state index in [1.807, 2.05) is 0 Å². The van der Waals surface area contributed by atoms with Gasteiger partial charge in [-0.1, -0.05) is 17.7 Å². The molecule has 5 nitrogen and oxygen atoms in total. The molecule has 2 aromatic carbocycles. The lowest BCUT2D eigenvalue weighted by Gasteiger charge is -2.11. The standard InChI is InChI=1S/C17H14ClFO5/c1-22-16(20)11-7-6-10(8-12(11)17(21)23-2)24-9-13-14(18)4-3-5-15(13)19/h3-8H,9H2,1-2H3. The van der Waals surface area contributed by atoms with Crippen LogP contribution in [0.25, 0.3) is 0 Å². The summed E-state index contributed by atoms with van der Waals surface area (Å²) in [4.78, 5) is 23.5. The van der Waals surface area contributed by atoms with Crippen LogP contribution in [0.3, 0.4) is 0 Å². The average Bonchev–Trinajstić information content (AvgIpc) is 2.59. The minimum absolute atomic E-state index is 0.0125. The Morgan fingerprint density at radius 2 is 1.71 bits per heavy atom. The average molecular weight is 353 g/mol. The van der Waals surface area contributed by atoms with Crippen molar-refractivity contribution in [2.45, 2.75) is 6.61 Å². The van der Waals surface area contributed by atoms with E-state index < -0.39 is 17.8 Å². The van der Waals surface area contributed by atoms with Crippen LogP contribution in [0.15, 0.2) is 36.4 Å². The lowest BCUT2D eigenvalue weighted by Crippen LogP contribution is -2.12. The molecule has 0 N–H and O–H groups in total. The van der Waals surface area contributed by atoms with E-state index in [-0.39, 0.29) is 34.1 Å². The van der Waals surface area contributed by atoms with Gasteiger partial charge in [0.1, 0.15) is 18.2 Å². The zero-order valence-electron chi connectivity index (χ0n) is 13.0. The van der Waals surface area contributed by atoms with Crippen LogP contribution in [0.4, 0.5) is 4.39 Å². The third-order valence-corrected chi connectivity index (χ3v) is 3.60. The predicted octanol–water partition coefficient (Wildman–Crippen LogP) is 3.63. The van der Waals surface area contributed by atoms with Gasteiger partial charge in [0.25, 0.3) is 0 Å². The molecular formula is C17H14ClFO5. The van der Waals surface area contributed by atoms with E-state index in [9.17, 15) is 14.0 Å². The Labute approximate surface area is 142 Å². The van der Waals surface area contributed by atoms with Crippen molar-refractivity contribution in [2.75, 3.05) is 14.2 Å². The van der Waals surface area contributed by atoms with Gasteiger partial charge in [0, 0.05) is 5.56 Å². The number of carbonyl (C=O) groups is 2. The summed E-state index contributed by atoms with van der Waals surface area (Å²) < 4.78 is 28.5. The van der Waals surface area contributed by atoms with Gasteiger partial charge < -0.3 is 14.2 Å². The molecule has 0 saturated carbocycles. The first kappa shape index (κ1) is 17.7. The highest BCUT2D eigenvalue weighted by Crippen LogP contribution is 2.24. The molecule has 0 saturated heterocycles. The zero-order valence-corrected chi connectivity index (χ0v) is 13.7. The maximum Gasteiger partial charge on any atom is 0.338 e. The number of hydrogen-bond donors (Lipinski definition) is 0. The number of benzene rings is 2. The first-order chi connectivity index (χ1) is 11.5. The van der Waals surface area contributed by atoms with E-state index in [0.717, 1.165) is 0 Å². The SMILES string of the molecule is COC(=O)c1ccc(OCc2c(F)cccc2Cl)cc1C(=O)OC. The van der Waals surface area contributed by atoms with Gasteiger partial charge in [-0.05, 0) is 30.3 Å². The van der Waals surface area contributed by atoms with Crippen LogP contribution in [0.1, 0.15) is 26.3 Å². The Bertz CT molecular complexity index is 755. The van der Waals surface area contributed by atoms with Gasteiger partial charge in [-0.25, -0.2) is 14.0 Å². The van der Waals surface area contributed by atoms with Crippen LogP contribution < -0.4 is 4.74 Å². The van der Waals surface area contributed by atoms with E-state index in [1.54, 1.807) is 6.07 Å². The van der Waals surface area contributed by atoms with Crippen LogP contribution in [-0.4, -0.2) is 26.2 Å². The van der Waals surface area contributed by atoms with Crippen molar-refractivity contribution in [1.82, 2.24) is 0 Å². The van der Waals surface area contributed by atoms with Crippen LogP contribution in [0.5, 0.6) is 5.75 Å². The monoisotopic (exact) mass is 352 g/mol. The van der Waals surface area contributed by atoms with E-state index in [4.69, 9.17) is 16.3 Å². The largest absolute Gasteiger partial charge is 0.489 e. The van der Waals surface area contributed by atoms with Gasteiger partial charge in [0.15, 0.2) is 0 Å². The number of carbonyl (C=O) groups excluding carboxylic acids is 2. The maximum atomic E-state index is 13.7. The van der Waals surface area contributed by atoms with E-state index >= 15 is 0 Å². The minimum atomic E-state index is -0.718. The summed E-state index contributed by atoms with van der Waals surface area (Å²) in [5.74, 6) is -1.65. The number of rotatable bonds is 5. The molecule has 0 atom stereocenters. The van der Waals surface area contributed by atoms with Crippen LogP contribution in [0.2, 0.25) is 5.02 Å².